The fraction of sp³-hybridized carbons (Fsp3) is 0.308. The average Bonchev–Trinajstić information content (AvgIpc) is 3.21. The zero-order chi connectivity index (χ0) is 16.1. The molecule has 1 aliphatic rings. The third kappa shape index (κ3) is 1.95. The summed E-state index contributed by atoms with van der Waals surface area (Å²) >= 11 is 1.23. The number of aryl methyl sites for hydroxylation is 1. The quantitative estimate of drug-likeness (QED) is 0.669. The van der Waals surface area contributed by atoms with E-state index in [9.17, 15) is 14.4 Å². The van der Waals surface area contributed by atoms with E-state index in [0.29, 0.717) is 33.7 Å². The van der Waals surface area contributed by atoms with Crippen molar-refractivity contribution >= 4 is 27.5 Å². The second-order valence-electron chi connectivity index (χ2n) is 5.26. The van der Waals surface area contributed by atoms with E-state index < -0.39 is 17.3 Å². The first-order chi connectivity index (χ1) is 11.1. The molecule has 10 heteroatoms. The molecule has 1 aliphatic heterocycles. The molecule has 3 aromatic rings. The van der Waals surface area contributed by atoms with Crippen LogP contribution in [0.2, 0.25) is 0 Å². The first kappa shape index (κ1) is 13.9. The maximum atomic E-state index is 12.8. The first-order valence-electron chi connectivity index (χ1n) is 7.00. The minimum atomic E-state index is -0.763. The smallest absolute Gasteiger partial charge is 0.330 e. The summed E-state index contributed by atoms with van der Waals surface area (Å²) in [4.78, 5) is 41.5. The van der Waals surface area contributed by atoms with E-state index in [1.165, 1.54) is 28.5 Å². The van der Waals surface area contributed by atoms with Crippen molar-refractivity contribution in [3.8, 4) is 5.00 Å². The number of fused-ring (bicyclic) bond motifs is 1. The number of carbonyl (C=O) groups excluding carboxylic acids is 1. The van der Waals surface area contributed by atoms with Gasteiger partial charge in [-0.25, -0.2) is 9.36 Å². The summed E-state index contributed by atoms with van der Waals surface area (Å²) in [6.07, 6.45) is 3.49. The Balaban J connectivity index is 2.01. The Hall–Kier alpha value is -2.75. The summed E-state index contributed by atoms with van der Waals surface area (Å²) in [5, 5.41) is 11.8. The van der Waals surface area contributed by atoms with Crippen LogP contribution in [0.25, 0.3) is 15.2 Å². The van der Waals surface area contributed by atoms with Gasteiger partial charge in [0.25, 0.3) is 5.56 Å². The van der Waals surface area contributed by atoms with Gasteiger partial charge in [0, 0.05) is 12.1 Å². The molecule has 0 saturated carbocycles. The fourth-order valence-corrected chi connectivity index (χ4v) is 3.94. The molecule has 0 spiro atoms. The Kier molecular flexibility index (Phi) is 2.94. The third-order valence-electron chi connectivity index (χ3n) is 3.93. The van der Waals surface area contributed by atoms with Gasteiger partial charge in [-0.05, 0) is 13.3 Å². The fourth-order valence-electron chi connectivity index (χ4n) is 2.84. The molecule has 1 fully saturated rings. The van der Waals surface area contributed by atoms with E-state index in [1.807, 2.05) is 0 Å². The van der Waals surface area contributed by atoms with Gasteiger partial charge in [-0.2, -0.15) is 10.2 Å². The van der Waals surface area contributed by atoms with Gasteiger partial charge >= 0.3 is 5.69 Å². The van der Waals surface area contributed by atoms with Crippen LogP contribution < -0.4 is 16.6 Å². The van der Waals surface area contributed by atoms with Crippen molar-refractivity contribution in [1.82, 2.24) is 29.9 Å². The molecule has 1 atom stereocenters. The Labute approximate surface area is 132 Å². The van der Waals surface area contributed by atoms with Crippen LogP contribution >= 0.6 is 11.3 Å². The van der Waals surface area contributed by atoms with Gasteiger partial charge in [-0.1, -0.05) is 11.3 Å². The van der Waals surface area contributed by atoms with Crippen molar-refractivity contribution < 1.29 is 4.79 Å². The summed E-state index contributed by atoms with van der Waals surface area (Å²) in [5.74, 6) is -0.307. The van der Waals surface area contributed by atoms with Crippen molar-refractivity contribution in [2.75, 3.05) is 6.54 Å². The lowest BCUT2D eigenvalue weighted by Crippen LogP contribution is -2.40. The van der Waals surface area contributed by atoms with Gasteiger partial charge in [0.1, 0.15) is 15.9 Å². The number of aromatic amines is 1. The lowest BCUT2D eigenvalue weighted by molar-refractivity contribution is -0.122. The van der Waals surface area contributed by atoms with Gasteiger partial charge in [0.05, 0.1) is 17.8 Å². The highest BCUT2D eigenvalue weighted by atomic mass is 32.1. The third-order valence-corrected chi connectivity index (χ3v) is 5.10. The van der Waals surface area contributed by atoms with Gasteiger partial charge in [0.15, 0.2) is 0 Å². The maximum absolute atomic E-state index is 12.8. The Bertz CT molecular complexity index is 1030. The molecule has 118 valence electrons. The minimum Gasteiger partial charge on any atom is -0.354 e. The average molecular weight is 332 g/mol. The normalized spacial score (nSPS) is 17.8. The van der Waals surface area contributed by atoms with Gasteiger partial charge in [0.2, 0.25) is 5.91 Å². The topological polar surface area (TPSA) is 115 Å². The standard InChI is InChI=1S/C13H12N6O3S/c1-6-8-10(23-12(6)19-15-4-5-16-19)17-13(22)18(11(8)21)7-2-3-14-9(7)20/h4-5,7H,2-3H2,1H3,(H,14,20)(H,17,22). The summed E-state index contributed by atoms with van der Waals surface area (Å²) in [5.41, 5.74) is -0.363. The molecule has 1 saturated heterocycles. The zero-order valence-corrected chi connectivity index (χ0v) is 12.9. The van der Waals surface area contributed by atoms with Gasteiger partial charge in [-0.3, -0.25) is 14.6 Å². The SMILES string of the molecule is Cc1c(-n2nccn2)sc2[nH]c(=O)n(C3CCNC3=O)c(=O)c12. The summed E-state index contributed by atoms with van der Waals surface area (Å²) in [6.45, 7) is 2.23. The van der Waals surface area contributed by atoms with Crippen molar-refractivity contribution in [1.29, 1.82) is 0 Å². The van der Waals surface area contributed by atoms with Crippen LogP contribution in [0, 0.1) is 6.92 Å². The molecule has 4 rings (SSSR count). The van der Waals surface area contributed by atoms with Crippen LogP contribution in [0.5, 0.6) is 0 Å². The number of hydrogen-bond acceptors (Lipinski definition) is 6. The zero-order valence-electron chi connectivity index (χ0n) is 12.1. The van der Waals surface area contributed by atoms with E-state index in [0.717, 1.165) is 4.57 Å². The summed E-state index contributed by atoms with van der Waals surface area (Å²) < 4.78 is 1.00. The molecule has 4 heterocycles. The lowest BCUT2D eigenvalue weighted by Gasteiger charge is -2.09. The molecule has 1 amide bonds. The lowest BCUT2D eigenvalue weighted by atomic mass is 10.2. The molecular formula is C13H12N6O3S. The van der Waals surface area contributed by atoms with Gasteiger partial charge < -0.3 is 5.32 Å². The van der Waals surface area contributed by atoms with Crippen LogP contribution in [0.3, 0.4) is 0 Å². The number of H-pyrrole nitrogens is 1. The second-order valence-corrected chi connectivity index (χ2v) is 6.25. The van der Waals surface area contributed by atoms with Crippen molar-refractivity contribution in [3.05, 3.63) is 38.8 Å². The highest BCUT2D eigenvalue weighted by Gasteiger charge is 2.30. The second kappa shape index (κ2) is 4.88. The Morgan fingerprint density at radius 2 is 2.00 bits per heavy atom. The van der Waals surface area contributed by atoms with Crippen LogP contribution in [0.15, 0.2) is 22.0 Å². The number of nitrogens with one attached hydrogen (secondary N) is 2. The molecular weight excluding hydrogens is 320 g/mol. The number of amides is 1. The Morgan fingerprint density at radius 1 is 1.26 bits per heavy atom. The predicted octanol–water partition coefficient (Wildman–Crippen LogP) is -0.299. The number of hydrogen-bond donors (Lipinski definition) is 2. The van der Waals surface area contributed by atoms with E-state index in [2.05, 4.69) is 20.5 Å². The first-order valence-corrected chi connectivity index (χ1v) is 7.82. The van der Waals surface area contributed by atoms with Crippen molar-refractivity contribution in [3.63, 3.8) is 0 Å². The van der Waals surface area contributed by atoms with E-state index in [-0.39, 0.29) is 5.91 Å². The van der Waals surface area contributed by atoms with E-state index >= 15 is 0 Å². The molecule has 0 radical (unpaired) electrons. The molecule has 23 heavy (non-hydrogen) atoms. The molecule has 3 aromatic heterocycles. The number of nitrogens with zero attached hydrogens (tertiary/aromatic N) is 4. The number of carbonyl (C=O) groups is 1. The van der Waals surface area contributed by atoms with Crippen molar-refractivity contribution in [2.24, 2.45) is 0 Å². The number of aromatic nitrogens is 5. The molecule has 2 N–H and O–H groups in total. The monoisotopic (exact) mass is 332 g/mol. The maximum Gasteiger partial charge on any atom is 0.330 e. The highest BCUT2D eigenvalue weighted by molar-refractivity contribution is 7.21. The largest absolute Gasteiger partial charge is 0.354 e. The van der Waals surface area contributed by atoms with Crippen LogP contribution in [0.4, 0.5) is 0 Å². The van der Waals surface area contributed by atoms with Crippen LogP contribution in [0.1, 0.15) is 18.0 Å². The minimum absolute atomic E-state index is 0.307. The number of rotatable bonds is 2. The van der Waals surface area contributed by atoms with Gasteiger partial charge in [-0.15, -0.1) is 4.80 Å². The summed E-state index contributed by atoms with van der Waals surface area (Å²) in [7, 11) is 0. The molecule has 1 unspecified atom stereocenters. The predicted molar refractivity (Wildman–Crippen MR) is 83.0 cm³/mol. The molecule has 0 bridgehead atoms. The van der Waals surface area contributed by atoms with Crippen molar-refractivity contribution in [2.45, 2.75) is 19.4 Å². The van der Waals surface area contributed by atoms with E-state index in [4.69, 9.17) is 0 Å². The molecule has 0 aliphatic carbocycles. The Morgan fingerprint density at radius 3 is 2.65 bits per heavy atom. The van der Waals surface area contributed by atoms with Crippen LogP contribution in [-0.2, 0) is 4.79 Å². The number of thiophene rings is 1. The molecule has 0 aromatic carbocycles. The highest BCUT2D eigenvalue weighted by Crippen LogP contribution is 2.29. The van der Waals surface area contributed by atoms with Crippen LogP contribution in [-0.4, -0.2) is 37.0 Å². The molecule has 9 nitrogen and oxygen atoms in total. The summed E-state index contributed by atoms with van der Waals surface area (Å²) in [6, 6.07) is -0.763. The van der Waals surface area contributed by atoms with E-state index in [1.54, 1.807) is 6.92 Å².